The molecule has 0 fully saturated rings. The molecule has 0 atom stereocenters. The van der Waals surface area contributed by atoms with E-state index in [1.165, 1.54) is 0 Å². The van der Waals surface area contributed by atoms with Crippen LogP contribution in [0.1, 0.15) is 11.4 Å². The minimum absolute atomic E-state index is 0.0541. The molecule has 19 heavy (non-hydrogen) atoms. The molecule has 0 spiro atoms. The first-order valence-corrected chi connectivity index (χ1v) is 6.12. The van der Waals surface area contributed by atoms with Crippen LogP contribution in [-0.2, 0) is 17.9 Å². The number of nitrogens with zero attached hydrogens (tertiary/aromatic N) is 2. The molecule has 0 unspecified atom stereocenters. The standard InChI is InChI=1S/C14H16N4O/c19-14(18-10-13-6-2-4-8-17-13)11-15-9-12-5-1-3-7-16-12/h1-8,15H,9-11H2,(H,18,19). The van der Waals surface area contributed by atoms with E-state index in [9.17, 15) is 4.79 Å². The normalized spacial score (nSPS) is 10.1. The summed E-state index contributed by atoms with van der Waals surface area (Å²) in [5, 5.41) is 5.84. The number of hydrogen-bond donors (Lipinski definition) is 2. The number of nitrogens with one attached hydrogen (secondary N) is 2. The second-order valence-corrected chi connectivity index (χ2v) is 4.02. The van der Waals surface area contributed by atoms with Crippen molar-refractivity contribution in [2.24, 2.45) is 0 Å². The maximum Gasteiger partial charge on any atom is 0.234 e. The van der Waals surface area contributed by atoms with Crippen LogP contribution in [0.4, 0.5) is 0 Å². The molecule has 0 aliphatic carbocycles. The number of carbonyl (C=O) groups excluding carboxylic acids is 1. The summed E-state index contributed by atoms with van der Waals surface area (Å²) in [7, 11) is 0. The number of amides is 1. The van der Waals surface area contributed by atoms with Gasteiger partial charge in [0.2, 0.25) is 5.91 Å². The highest BCUT2D eigenvalue weighted by molar-refractivity contribution is 5.77. The zero-order valence-corrected chi connectivity index (χ0v) is 10.5. The molecule has 5 heteroatoms. The molecular formula is C14H16N4O. The van der Waals surface area contributed by atoms with Crippen LogP contribution in [-0.4, -0.2) is 22.4 Å². The Morgan fingerprint density at radius 2 is 1.58 bits per heavy atom. The van der Waals surface area contributed by atoms with E-state index < -0.39 is 0 Å². The van der Waals surface area contributed by atoms with E-state index in [1.54, 1.807) is 12.4 Å². The summed E-state index contributed by atoms with van der Waals surface area (Å²) in [6, 6.07) is 11.3. The van der Waals surface area contributed by atoms with Crippen LogP contribution in [0.15, 0.2) is 48.8 Å². The molecule has 2 heterocycles. The van der Waals surface area contributed by atoms with Gasteiger partial charge in [0.15, 0.2) is 0 Å². The second kappa shape index (κ2) is 7.23. The van der Waals surface area contributed by atoms with Gasteiger partial charge >= 0.3 is 0 Å². The first-order chi connectivity index (χ1) is 9.34. The maximum absolute atomic E-state index is 11.6. The number of hydrogen-bond acceptors (Lipinski definition) is 4. The highest BCUT2D eigenvalue weighted by Crippen LogP contribution is 1.92. The molecule has 0 radical (unpaired) electrons. The van der Waals surface area contributed by atoms with Gasteiger partial charge in [-0.25, -0.2) is 0 Å². The molecular weight excluding hydrogens is 240 g/mol. The fourth-order valence-corrected chi connectivity index (χ4v) is 1.56. The van der Waals surface area contributed by atoms with E-state index in [1.807, 2.05) is 36.4 Å². The molecule has 0 saturated heterocycles. The summed E-state index contributed by atoms with van der Waals surface area (Å²) in [5.41, 5.74) is 1.76. The van der Waals surface area contributed by atoms with E-state index in [-0.39, 0.29) is 12.5 Å². The van der Waals surface area contributed by atoms with Gasteiger partial charge in [0.25, 0.3) is 0 Å². The molecule has 5 nitrogen and oxygen atoms in total. The van der Waals surface area contributed by atoms with E-state index >= 15 is 0 Å². The third-order valence-electron chi connectivity index (χ3n) is 2.51. The van der Waals surface area contributed by atoms with Gasteiger partial charge in [0, 0.05) is 18.9 Å². The Morgan fingerprint density at radius 1 is 0.947 bits per heavy atom. The lowest BCUT2D eigenvalue weighted by molar-refractivity contribution is -0.120. The molecule has 2 aromatic heterocycles. The maximum atomic E-state index is 11.6. The largest absolute Gasteiger partial charge is 0.349 e. The highest BCUT2D eigenvalue weighted by Gasteiger charge is 2.01. The lowest BCUT2D eigenvalue weighted by atomic mass is 10.3. The van der Waals surface area contributed by atoms with E-state index in [2.05, 4.69) is 20.6 Å². The molecule has 2 aromatic rings. The van der Waals surface area contributed by atoms with Crippen molar-refractivity contribution in [2.75, 3.05) is 6.54 Å². The molecule has 0 saturated carbocycles. The fourth-order valence-electron chi connectivity index (χ4n) is 1.56. The van der Waals surface area contributed by atoms with Crippen molar-refractivity contribution in [2.45, 2.75) is 13.1 Å². The molecule has 0 aliphatic rings. The van der Waals surface area contributed by atoms with Crippen molar-refractivity contribution in [1.82, 2.24) is 20.6 Å². The van der Waals surface area contributed by atoms with Gasteiger partial charge in [-0.05, 0) is 24.3 Å². The van der Waals surface area contributed by atoms with Gasteiger partial charge in [0.1, 0.15) is 0 Å². The molecule has 2 rings (SSSR count). The van der Waals surface area contributed by atoms with Crippen molar-refractivity contribution >= 4 is 5.91 Å². The van der Waals surface area contributed by atoms with Crippen LogP contribution < -0.4 is 10.6 Å². The summed E-state index contributed by atoms with van der Waals surface area (Å²) < 4.78 is 0. The number of rotatable bonds is 6. The Kier molecular flexibility index (Phi) is 5.01. The average molecular weight is 256 g/mol. The van der Waals surface area contributed by atoms with E-state index in [0.717, 1.165) is 11.4 Å². The van der Waals surface area contributed by atoms with Crippen molar-refractivity contribution in [1.29, 1.82) is 0 Å². The van der Waals surface area contributed by atoms with Crippen LogP contribution in [0.25, 0.3) is 0 Å². The Bertz CT molecular complexity index is 501. The van der Waals surface area contributed by atoms with Crippen LogP contribution >= 0.6 is 0 Å². The number of pyridine rings is 2. The predicted octanol–water partition coefficient (Wildman–Crippen LogP) is 0.883. The zero-order chi connectivity index (χ0) is 13.3. The molecule has 1 amide bonds. The third kappa shape index (κ3) is 4.85. The third-order valence-corrected chi connectivity index (χ3v) is 2.51. The van der Waals surface area contributed by atoms with E-state index in [0.29, 0.717) is 13.1 Å². The summed E-state index contributed by atoms with van der Waals surface area (Å²) >= 11 is 0. The molecule has 0 aliphatic heterocycles. The Morgan fingerprint density at radius 3 is 2.16 bits per heavy atom. The summed E-state index contributed by atoms with van der Waals surface area (Å²) in [6.45, 7) is 1.30. The van der Waals surface area contributed by atoms with Gasteiger partial charge in [-0.3, -0.25) is 14.8 Å². The smallest absolute Gasteiger partial charge is 0.234 e. The van der Waals surface area contributed by atoms with Gasteiger partial charge in [-0.2, -0.15) is 0 Å². The summed E-state index contributed by atoms with van der Waals surface area (Å²) in [4.78, 5) is 19.9. The Balaban J connectivity index is 1.65. The second-order valence-electron chi connectivity index (χ2n) is 4.02. The van der Waals surface area contributed by atoms with Crippen molar-refractivity contribution in [3.8, 4) is 0 Å². The molecule has 0 bridgehead atoms. The predicted molar refractivity (Wildman–Crippen MR) is 72.0 cm³/mol. The monoisotopic (exact) mass is 256 g/mol. The first-order valence-electron chi connectivity index (χ1n) is 6.12. The van der Waals surface area contributed by atoms with Gasteiger partial charge < -0.3 is 10.6 Å². The quantitative estimate of drug-likeness (QED) is 0.805. The molecule has 98 valence electrons. The zero-order valence-electron chi connectivity index (χ0n) is 10.5. The molecule has 2 N–H and O–H groups in total. The van der Waals surface area contributed by atoms with Crippen LogP contribution in [0.2, 0.25) is 0 Å². The van der Waals surface area contributed by atoms with Crippen LogP contribution in [0.5, 0.6) is 0 Å². The van der Waals surface area contributed by atoms with Gasteiger partial charge in [-0.1, -0.05) is 12.1 Å². The van der Waals surface area contributed by atoms with Crippen molar-refractivity contribution in [3.63, 3.8) is 0 Å². The van der Waals surface area contributed by atoms with Crippen molar-refractivity contribution in [3.05, 3.63) is 60.2 Å². The number of aromatic nitrogens is 2. The SMILES string of the molecule is O=C(CNCc1ccccn1)NCc1ccccn1. The summed E-state index contributed by atoms with van der Waals surface area (Å²) in [6.07, 6.45) is 3.44. The minimum Gasteiger partial charge on any atom is -0.349 e. The minimum atomic E-state index is -0.0541. The molecule has 0 aromatic carbocycles. The average Bonchev–Trinajstić information content (AvgIpc) is 2.47. The van der Waals surface area contributed by atoms with Gasteiger partial charge in [-0.15, -0.1) is 0 Å². The first kappa shape index (κ1) is 13.2. The Hall–Kier alpha value is -2.27. The topological polar surface area (TPSA) is 66.9 Å². The fraction of sp³-hybridized carbons (Fsp3) is 0.214. The number of carbonyl (C=O) groups is 1. The highest BCUT2D eigenvalue weighted by atomic mass is 16.1. The Labute approximate surface area is 112 Å². The van der Waals surface area contributed by atoms with Gasteiger partial charge in [0.05, 0.1) is 24.5 Å². The van der Waals surface area contributed by atoms with Crippen LogP contribution in [0, 0.1) is 0 Å². The lowest BCUT2D eigenvalue weighted by Gasteiger charge is -2.06. The van der Waals surface area contributed by atoms with Crippen LogP contribution in [0.3, 0.4) is 0 Å². The lowest BCUT2D eigenvalue weighted by Crippen LogP contribution is -2.33. The van der Waals surface area contributed by atoms with E-state index in [4.69, 9.17) is 0 Å². The van der Waals surface area contributed by atoms with Crippen molar-refractivity contribution < 1.29 is 4.79 Å². The summed E-state index contributed by atoms with van der Waals surface area (Å²) in [5.74, 6) is -0.0541.